The zero-order valence-electron chi connectivity index (χ0n) is 41.3. The minimum Gasteiger partial charge on any atom is -0.508 e. The molecule has 0 spiro atoms. The topological polar surface area (TPSA) is 266 Å². The van der Waals surface area contributed by atoms with Gasteiger partial charge in [0, 0.05) is 43.2 Å². The first kappa shape index (κ1) is 55.7. The highest BCUT2D eigenvalue weighted by molar-refractivity contribution is 5.99. The Morgan fingerprint density at radius 2 is 1.14 bits per heavy atom. The van der Waals surface area contributed by atoms with Crippen molar-refractivity contribution in [1.29, 1.82) is 0 Å². The van der Waals surface area contributed by atoms with Crippen LogP contribution in [0, 0.1) is 12.5 Å². The third-order valence-corrected chi connectivity index (χ3v) is 11.8. The minimum atomic E-state index is -0.806. The Bertz CT molecular complexity index is 2840. The summed E-state index contributed by atoms with van der Waals surface area (Å²) in [6, 6.07) is 39.3. The number of ether oxygens (including phenoxy) is 3. The molecule has 6 aromatic rings. The van der Waals surface area contributed by atoms with Gasteiger partial charge in [0.25, 0.3) is 11.8 Å². The zero-order chi connectivity index (χ0) is 53.2. The minimum absolute atomic E-state index is 0.0170. The molecular formula is C54H59N9O11. The van der Waals surface area contributed by atoms with Crippen LogP contribution in [-0.2, 0) is 14.4 Å². The maximum atomic E-state index is 12.5. The molecule has 74 heavy (non-hydrogen) atoms. The van der Waals surface area contributed by atoms with Gasteiger partial charge in [-0.1, -0.05) is 89.2 Å². The van der Waals surface area contributed by atoms with Gasteiger partial charge in [-0.15, -0.1) is 0 Å². The number of aromatic nitrogens is 2. The third-order valence-electron chi connectivity index (χ3n) is 11.8. The molecule has 2 saturated heterocycles. The van der Waals surface area contributed by atoms with Gasteiger partial charge >= 0.3 is 5.97 Å². The number of carboxylic acids is 1. The molecule has 20 heteroatoms. The van der Waals surface area contributed by atoms with Gasteiger partial charge in [-0.3, -0.25) is 24.0 Å². The summed E-state index contributed by atoms with van der Waals surface area (Å²) >= 11 is 0. The number of carbonyl (C=O) groups is 5. The number of nitrogens with zero attached hydrogens (tertiary/aromatic N) is 6. The molecule has 4 amide bonds. The summed E-state index contributed by atoms with van der Waals surface area (Å²) in [6.45, 7) is 8.67. The van der Waals surface area contributed by atoms with E-state index in [0.29, 0.717) is 90.4 Å². The summed E-state index contributed by atoms with van der Waals surface area (Å²) in [7, 11) is 4.70. The number of methoxy groups -OCH3 is 3. The molecule has 0 saturated carbocycles. The number of nitrogens with two attached hydrogens (primary N) is 1. The second-order valence-electron chi connectivity index (χ2n) is 16.4. The number of para-hydroxylation sites is 4. The van der Waals surface area contributed by atoms with Gasteiger partial charge in [-0.05, 0) is 80.3 Å². The molecule has 5 aromatic carbocycles. The molecule has 0 bridgehead atoms. The molecule has 2 aliphatic rings. The van der Waals surface area contributed by atoms with Gasteiger partial charge in [0.2, 0.25) is 29.2 Å². The Hall–Kier alpha value is -9.25. The summed E-state index contributed by atoms with van der Waals surface area (Å²) in [5.41, 5.74) is 8.36. The number of likely N-dealkylation sites (tertiary alicyclic amines) is 2. The smallest absolute Gasteiger partial charge is 0.306 e. The molecule has 0 atom stereocenters. The second-order valence-corrected chi connectivity index (χ2v) is 16.4. The van der Waals surface area contributed by atoms with E-state index in [1.807, 2.05) is 54.6 Å². The highest BCUT2D eigenvalue weighted by Crippen LogP contribution is 2.32. The van der Waals surface area contributed by atoms with E-state index in [1.165, 1.54) is 7.11 Å². The predicted octanol–water partition coefficient (Wildman–Crippen LogP) is 6.66. The van der Waals surface area contributed by atoms with Crippen molar-refractivity contribution in [3.8, 4) is 28.6 Å². The van der Waals surface area contributed by atoms with E-state index in [4.69, 9.17) is 41.4 Å². The van der Waals surface area contributed by atoms with Crippen LogP contribution in [0.2, 0.25) is 0 Å². The molecule has 8 rings (SSSR count). The van der Waals surface area contributed by atoms with E-state index >= 15 is 0 Å². The van der Waals surface area contributed by atoms with Crippen LogP contribution in [0.4, 0.5) is 5.69 Å². The first-order chi connectivity index (χ1) is 35.9. The van der Waals surface area contributed by atoms with E-state index < -0.39 is 5.97 Å². The van der Waals surface area contributed by atoms with Crippen LogP contribution >= 0.6 is 0 Å². The van der Waals surface area contributed by atoms with Crippen molar-refractivity contribution in [2.24, 2.45) is 16.8 Å². The number of hydrogen-bond acceptors (Lipinski definition) is 13. The molecule has 3 heterocycles. The van der Waals surface area contributed by atoms with E-state index in [2.05, 4.69) is 30.8 Å². The number of rotatable bonds is 13. The number of hydrogen-bond donors (Lipinski definition) is 5. The van der Waals surface area contributed by atoms with Crippen molar-refractivity contribution in [2.75, 3.05) is 60.6 Å². The molecule has 1 aromatic heterocycles. The average molecular weight is 1010 g/mol. The van der Waals surface area contributed by atoms with Crippen molar-refractivity contribution in [1.82, 2.24) is 30.6 Å². The Morgan fingerprint density at radius 3 is 1.62 bits per heavy atom. The maximum absolute atomic E-state index is 12.5. The van der Waals surface area contributed by atoms with E-state index in [0.717, 1.165) is 18.4 Å². The standard InChI is InChI=1S/C23H24N4O4.C15H18N2O4.C8H10N2O2.C8H7NO/c1-30-19-10-6-5-9-18(19)21-25-23(31-26-21)17-11-13-27(14-12-17)20(28)15-24-22(29)16-7-3-2-4-8-16;18-13(17-8-6-12(7-9-17)15(20)21)10-16-14(19)11-4-2-1-3-5-11;1-12-7-5-3-2-4-6(7)8(9)10-11;1-9-7-5-3-4-6-8(7)10-2/h2-10,17H,11-15H2,1H3,(H,24,29);1-5,12H,6-10H2,(H,16,19)(H,20,21);2-5,11H,1H3,(H2,9,10);3-6H,2H3. The quantitative estimate of drug-likeness (QED) is 0.0267. The van der Waals surface area contributed by atoms with Gasteiger partial charge in [-0.25, -0.2) is 4.85 Å². The van der Waals surface area contributed by atoms with E-state index in [9.17, 15) is 24.0 Å². The SMILES string of the molecule is COc1ccccc1-c1noc(C2CCN(C(=O)CNC(=O)c3ccccc3)CC2)n1.COc1ccccc1C(N)=NO.O=C(NCC(=O)N1CCC(C(=O)O)CC1)c1ccccc1.[C-]#[N+]c1ccccc1OC. The highest BCUT2D eigenvalue weighted by Gasteiger charge is 2.29. The third kappa shape index (κ3) is 16.4. The largest absolute Gasteiger partial charge is 0.508 e. The van der Waals surface area contributed by atoms with Crippen LogP contribution in [0.1, 0.15) is 63.8 Å². The van der Waals surface area contributed by atoms with Crippen LogP contribution < -0.4 is 30.6 Å². The van der Waals surface area contributed by atoms with Crippen LogP contribution in [0.15, 0.2) is 143 Å². The van der Waals surface area contributed by atoms with Gasteiger partial charge in [0.15, 0.2) is 5.84 Å². The van der Waals surface area contributed by atoms with Gasteiger partial charge in [-0.2, -0.15) is 4.98 Å². The Morgan fingerprint density at radius 1 is 0.676 bits per heavy atom. The Kier molecular flexibility index (Phi) is 22.0. The zero-order valence-corrected chi connectivity index (χ0v) is 41.3. The average Bonchev–Trinajstić information content (AvgIpc) is 3.97. The number of carbonyl (C=O) groups excluding carboxylic acids is 4. The summed E-state index contributed by atoms with van der Waals surface area (Å²) < 4.78 is 20.8. The predicted molar refractivity (Wildman–Crippen MR) is 274 cm³/mol. The number of oxime groups is 1. The second kappa shape index (κ2) is 29.2. The van der Waals surface area contributed by atoms with Gasteiger partial charge < -0.3 is 55.2 Å². The fraction of sp³-hybridized carbons (Fsp3) is 0.278. The van der Waals surface area contributed by atoms with Crippen LogP contribution in [0.5, 0.6) is 17.2 Å². The molecule has 0 unspecified atom stereocenters. The number of carboxylic acid groups (broad SMARTS) is 1. The van der Waals surface area contributed by atoms with E-state index in [-0.39, 0.29) is 54.4 Å². The summed E-state index contributed by atoms with van der Waals surface area (Å²) in [6.07, 6.45) is 2.39. The van der Waals surface area contributed by atoms with Crippen LogP contribution in [0.3, 0.4) is 0 Å². The van der Waals surface area contributed by atoms with Crippen molar-refractivity contribution < 1.29 is 53.0 Å². The number of benzene rings is 5. The number of piperidine rings is 2. The molecule has 0 radical (unpaired) electrons. The Labute approximate surface area is 428 Å². The van der Waals surface area contributed by atoms with Crippen molar-refractivity contribution >= 4 is 41.1 Å². The van der Waals surface area contributed by atoms with E-state index in [1.54, 1.807) is 103 Å². The molecule has 386 valence electrons. The van der Waals surface area contributed by atoms with Gasteiger partial charge in [0.1, 0.15) is 17.2 Å². The first-order valence-electron chi connectivity index (χ1n) is 23.4. The number of nitrogens with one attached hydrogen (secondary N) is 2. The lowest BCUT2D eigenvalue weighted by molar-refractivity contribution is -0.145. The lowest BCUT2D eigenvalue weighted by Gasteiger charge is -2.30. The lowest BCUT2D eigenvalue weighted by atomic mass is 9.96. The fourth-order valence-corrected chi connectivity index (χ4v) is 7.64. The summed E-state index contributed by atoms with van der Waals surface area (Å²) in [5, 5.41) is 29.6. The maximum Gasteiger partial charge on any atom is 0.306 e. The van der Waals surface area contributed by atoms with Gasteiger partial charge in [0.05, 0.1) is 58.0 Å². The normalized spacial score (nSPS) is 13.4. The molecule has 20 nitrogen and oxygen atoms in total. The molecule has 2 aliphatic heterocycles. The number of amides is 4. The Balaban J connectivity index is 0.000000202. The lowest BCUT2D eigenvalue weighted by Crippen LogP contribution is -2.45. The molecular weight excluding hydrogens is 951 g/mol. The van der Waals surface area contributed by atoms with Crippen molar-refractivity contribution in [3.63, 3.8) is 0 Å². The van der Waals surface area contributed by atoms with Crippen LogP contribution in [-0.4, -0.2) is 126 Å². The van der Waals surface area contributed by atoms with Crippen LogP contribution in [0.25, 0.3) is 16.2 Å². The first-order valence-corrected chi connectivity index (χ1v) is 23.4. The summed E-state index contributed by atoms with van der Waals surface area (Å²) in [4.78, 5) is 70.4. The number of amidine groups is 1. The number of aliphatic carboxylic acids is 1. The molecule has 6 N–H and O–H groups in total. The molecule has 2 fully saturated rings. The summed E-state index contributed by atoms with van der Waals surface area (Å²) in [5.74, 6) is 1.14. The van der Waals surface area contributed by atoms with Crippen molar-refractivity contribution in [2.45, 2.75) is 31.6 Å². The monoisotopic (exact) mass is 1010 g/mol. The molecule has 0 aliphatic carbocycles. The fourth-order valence-electron chi connectivity index (χ4n) is 7.64. The van der Waals surface area contributed by atoms with Crippen molar-refractivity contribution in [3.05, 3.63) is 167 Å². The highest BCUT2D eigenvalue weighted by atomic mass is 16.5.